The van der Waals surface area contributed by atoms with Crippen molar-refractivity contribution < 1.29 is 17.9 Å². The second kappa shape index (κ2) is 8.95. The van der Waals surface area contributed by atoms with Gasteiger partial charge < -0.3 is 14.5 Å². The number of pyridine rings is 1. The zero-order valence-electron chi connectivity index (χ0n) is 20.4. The molecule has 35 heavy (non-hydrogen) atoms. The Labute approximate surface area is 204 Å². The zero-order chi connectivity index (χ0) is 25.5. The summed E-state index contributed by atoms with van der Waals surface area (Å²) in [5.74, 6) is 0. The lowest BCUT2D eigenvalue weighted by Gasteiger charge is -2.42. The van der Waals surface area contributed by atoms with Gasteiger partial charge in [-0.2, -0.15) is 4.98 Å². The fraction of sp³-hybridized carbons (Fsp3) is 0.417. The minimum Gasteiger partial charge on any atom is -0.444 e. The smallest absolute Gasteiger partial charge is 0.410 e. The van der Waals surface area contributed by atoms with E-state index in [2.05, 4.69) is 9.97 Å². The molecule has 0 spiro atoms. The highest BCUT2D eigenvalue weighted by molar-refractivity contribution is 7.90. The van der Waals surface area contributed by atoms with Crippen molar-refractivity contribution in [3.63, 3.8) is 0 Å². The highest BCUT2D eigenvalue weighted by atomic mass is 32.2. The van der Waals surface area contributed by atoms with Gasteiger partial charge in [-0.15, -0.1) is 0 Å². The molecular formula is C24H29N5O5S. The number of carbonyl (C=O) groups is 1. The summed E-state index contributed by atoms with van der Waals surface area (Å²) in [6, 6.07) is 11.1. The van der Waals surface area contributed by atoms with E-state index in [1.807, 2.05) is 56.0 Å². The van der Waals surface area contributed by atoms with Gasteiger partial charge in [-0.1, -0.05) is 30.3 Å². The van der Waals surface area contributed by atoms with Gasteiger partial charge in [0.1, 0.15) is 16.9 Å². The standard InChI is InChI=1S/C24H29N5O5S/c1-24(2,3)34-23(31)28-11-12-29(19(15-28)16-9-7-6-8-10-16)18-13-17-14-25-22(35(5,32)33)26-20(17)27(4)21(18)30/h6-10,13-14,19H,11-12,15H2,1-5H3. The van der Waals surface area contributed by atoms with Crippen molar-refractivity contribution in [2.45, 2.75) is 37.6 Å². The molecule has 1 amide bonds. The molecule has 1 aliphatic heterocycles. The molecule has 1 fully saturated rings. The lowest BCUT2D eigenvalue weighted by Crippen LogP contribution is -2.52. The molecule has 3 heterocycles. The van der Waals surface area contributed by atoms with Gasteiger partial charge in [0.2, 0.25) is 15.0 Å². The van der Waals surface area contributed by atoms with Crippen molar-refractivity contribution in [3.05, 3.63) is 58.5 Å². The number of benzene rings is 1. The monoisotopic (exact) mass is 499 g/mol. The summed E-state index contributed by atoms with van der Waals surface area (Å²) in [4.78, 5) is 38.0. The SMILES string of the molecule is Cn1c(=O)c(N2CCN(C(=O)OC(C)(C)C)CC2c2ccccc2)cc2cnc(S(C)(=O)=O)nc21. The van der Waals surface area contributed by atoms with Gasteiger partial charge in [0.25, 0.3) is 5.56 Å². The fourth-order valence-electron chi connectivity index (χ4n) is 4.12. The van der Waals surface area contributed by atoms with Gasteiger partial charge in [-0.3, -0.25) is 9.36 Å². The van der Waals surface area contributed by atoms with E-state index in [0.29, 0.717) is 30.7 Å². The Balaban J connectivity index is 1.77. The van der Waals surface area contributed by atoms with Crippen LogP contribution in [0.5, 0.6) is 0 Å². The molecule has 1 aliphatic rings. The first kappa shape index (κ1) is 24.6. The van der Waals surface area contributed by atoms with Crippen molar-refractivity contribution in [1.29, 1.82) is 0 Å². The van der Waals surface area contributed by atoms with Crippen molar-refractivity contribution >= 4 is 32.7 Å². The van der Waals surface area contributed by atoms with Crippen LogP contribution in [0.25, 0.3) is 11.0 Å². The van der Waals surface area contributed by atoms with Crippen molar-refractivity contribution in [2.24, 2.45) is 7.05 Å². The molecule has 2 aromatic heterocycles. The number of fused-ring (bicyclic) bond motifs is 1. The van der Waals surface area contributed by atoms with Gasteiger partial charge in [-0.25, -0.2) is 18.2 Å². The Morgan fingerprint density at radius 2 is 1.83 bits per heavy atom. The first-order valence-corrected chi connectivity index (χ1v) is 13.1. The van der Waals surface area contributed by atoms with E-state index in [0.717, 1.165) is 11.8 Å². The molecule has 1 saturated heterocycles. The van der Waals surface area contributed by atoms with Crippen LogP contribution in [0.1, 0.15) is 32.4 Å². The number of amides is 1. The van der Waals surface area contributed by atoms with Crippen molar-refractivity contribution in [1.82, 2.24) is 19.4 Å². The molecule has 4 rings (SSSR count). The van der Waals surface area contributed by atoms with E-state index in [4.69, 9.17) is 4.74 Å². The molecule has 1 atom stereocenters. The Hall–Kier alpha value is -3.47. The minimum atomic E-state index is -3.62. The third-order valence-corrected chi connectivity index (χ3v) is 6.62. The number of piperazine rings is 1. The Morgan fingerprint density at radius 1 is 1.14 bits per heavy atom. The maximum atomic E-state index is 13.4. The summed E-state index contributed by atoms with van der Waals surface area (Å²) >= 11 is 0. The number of hydrogen-bond donors (Lipinski definition) is 0. The largest absolute Gasteiger partial charge is 0.444 e. The average Bonchev–Trinajstić information content (AvgIpc) is 2.79. The molecule has 0 N–H and O–H groups in total. The quantitative estimate of drug-likeness (QED) is 0.505. The lowest BCUT2D eigenvalue weighted by molar-refractivity contribution is 0.0214. The number of hydrogen-bond acceptors (Lipinski definition) is 8. The summed E-state index contributed by atoms with van der Waals surface area (Å²) in [6.07, 6.45) is 2.04. The van der Waals surface area contributed by atoms with Gasteiger partial charge in [0.05, 0.1) is 6.04 Å². The molecule has 0 saturated carbocycles. The van der Waals surface area contributed by atoms with Crippen molar-refractivity contribution in [2.75, 3.05) is 30.8 Å². The van der Waals surface area contributed by atoms with Crippen LogP contribution in [0, 0.1) is 0 Å². The predicted octanol–water partition coefficient (Wildman–Crippen LogP) is 2.53. The second-order valence-electron chi connectivity index (χ2n) is 9.64. The first-order valence-electron chi connectivity index (χ1n) is 11.2. The van der Waals surface area contributed by atoms with Gasteiger partial charge in [-0.05, 0) is 32.4 Å². The number of rotatable bonds is 3. The lowest BCUT2D eigenvalue weighted by atomic mass is 10.0. The molecule has 1 unspecified atom stereocenters. The van der Waals surface area contributed by atoms with E-state index < -0.39 is 21.5 Å². The Morgan fingerprint density at radius 3 is 2.46 bits per heavy atom. The van der Waals surface area contributed by atoms with Gasteiger partial charge >= 0.3 is 6.09 Å². The van der Waals surface area contributed by atoms with Gasteiger partial charge in [0.15, 0.2) is 0 Å². The van der Waals surface area contributed by atoms with E-state index >= 15 is 0 Å². The number of aryl methyl sites for hydroxylation is 1. The molecular weight excluding hydrogens is 470 g/mol. The summed E-state index contributed by atoms with van der Waals surface area (Å²) in [6.45, 7) is 6.60. The number of aromatic nitrogens is 3. The predicted molar refractivity (Wildman–Crippen MR) is 132 cm³/mol. The van der Waals surface area contributed by atoms with Crippen molar-refractivity contribution in [3.8, 4) is 0 Å². The number of ether oxygens (including phenoxy) is 1. The highest BCUT2D eigenvalue weighted by Crippen LogP contribution is 2.31. The van der Waals surface area contributed by atoms with E-state index in [9.17, 15) is 18.0 Å². The van der Waals surface area contributed by atoms with Crippen LogP contribution >= 0.6 is 0 Å². The maximum absolute atomic E-state index is 13.4. The van der Waals surface area contributed by atoms with Crippen LogP contribution in [0.2, 0.25) is 0 Å². The summed E-state index contributed by atoms with van der Waals surface area (Å²) in [5, 5.41) is 0.205. The maximum Gasteiger partial charge on any atom is 0.410 e. The molecule has 3 aromatic rings. The molecule has 1 aromatic carbocycles. The normalized spacial score (nSPS) is 17.0. The Bertz CT molecular complexity index is 1430. The van der Waals surface area contributed by atoms with Crippen LogP contribution in [0.3, 0.4) is 0 Å². The van der Waals surface area contributed by atoms with E-state index in [-0.39, 0.29) is 22.4 Å². The average molecular weight is 500 g/mol. The van der Waals surface area contributed by atoms with Crippen LogP contribution in [0.15, 0.2) is 52.5 Å². The summed E-state index contributed by atoms with van der Waals surface area (Å²) in [7, 11) is -2.07. The third-order valence-electron chi connectivity index (χ3n) is 5.76. The molecule has 0 bridgehead atoms. The molecule has 10 nitrogen and oxygen atoms in total. The van der Waals surface area contributed by atoms with Crippen LogP contribution in [-0.4, -0.2) is 65.4 Å². The van der Waals surface area contributed by atoms with Crippen LogP contribution in [0.4, 0.5) is 10.5 Å². The highest BCUT2D eigenvalue weighted by Gasteiger charge is 2.34. The number of sulfone groups is 1. The molecule has 0 radical (unpaired) electrons. The number of nitrogens with zero attached hydrogens (tertiary/aromatic N) is 5. The summed E-state index contributed by atoms with van der Waals surface area (Å²) in [5.41, 5.74) is 0.676. The molecule has 0 aliphatic carbocycles. The van der Waals surface area contributed by atoms with Crippen LogP contribution in [-0.2, 0) is 21.6 Å². The molecule has 11 heteroatoms. The number of anilines is 1. The number of carbonyl (C=O) groups excluding carboxylic acids is 1. The fourth-order valence-corrected chi connectivity index (χ4v) is 4.62. The third kappa shape index (κ3) is 5.14. The molecule has 186 valence electrons. The van der Waals surface area contributed by atoms with Crippen LogP contribution < -0.4 is 10.5 Å². The van der Waals surface area contributed by atoms with E-state index in [1.54, 1.807) is 18.0 Å². The second-order valence-corrected chi connectivity index (χ2v) is 11.6. The van der Waals surface area contributed by atoms with Gasteiger partial charge in [0, 0.05) is 44.5 Å². The Kier molecular flexibility index (Phi) is 6.31. The topological polar surface area (TPSA) is 115 Å². The minimum absolute atomic E-state index is 0.234. The van der Waals surface area contributed by atoms with E-state index in [1.165, 1.54) is 10.8 Å². The summed E-state index contributed by atoms with van der Waals surface area (Å²) < 4.78 is 30.7. The first-order chi connectivity index (χ1) is 16.3. The zero-order valence-corrected chi connectivity index (χ0v) is 21.2.